The number of likely N-dealkylation sites (tertiary alicyclic amines) is 1. The van der Waals surface area contributed by atoms with E-state index in [4.69, 9.17) is 5.11 Å². The van der Waals surface area contributed by atoms with Crippen molar-refractivity contribution in [2.75, 3.05) is 6.54 Å². The summed E-state index contributed by atoms with van der Waals surface area (Å²) in [4.78, 5) is 35.2. The molecule has 1 aliphatic rings. The first-order valence-corrected chi connectivity index (χ1v) is 7.44. The molecule has 8 heteroatoms. The minimum Gasteiger partial charge on any atom is -0.481 e. The molecule has 0 saturated carbocycles. The number of hydrogen-bond donors (Lipinski definition) is 1. The summed E-state index contributed by atoms with van der Waals surface area (Å²) in [6.07, 6.45) is 1.29. The van der Waals surface area contributed by atoms with Gasteiger partial charge in [-0.3, -0.25) is 19.7 Å². The largest absolute Gasteiger partial charge is 0.481 e. The standard InChI is InChI=1S/C13H13IN2O5/c14-11-4-3-9(16(20)21)6-10(11)13(19)15-5-1-2-8(15)7-12(17)18/h3-4,6,8H,1-2,5,7H2,(H,17,18). The first-order valence-electron chi connectivity index (χ1n) is 6.37. The van der Waals surface area contributed by atoms with Crippen LogP contribution in [0.15, 0.2) is 18.2 Å². The molecule has 1 aliphatic heterocycles. The van der Waals surface area contributed by atoms with E-state index in [2.05, 4.69) is 0 Å². The Kier molecular flexibility index (Phi) is 4.76. The molecule has 112 valence electrons. The van der Waals surface area contributed by atoms with Crippen molar-refractivity contribution in [3.63, 3.8) is 0 Å². The predicted molar refractivity (Wildman–Crippen MR) is 82.1 cm³/mol. The number of aliphatic carboxylic acids is 1. The molecule has 0 bridgehead atoms. The zero-order valence-corrected chi connectivity index (χ0v) is 13.1. The highest BCUT2D eigenvalue weighted by molar-refractivity contribution is 14.1. The molecule has 1 amide bonds. The maximum Gasteiger partial charge on any atom is 0.305 e. The number of halogens is 1. The topological polar surface area (TPSA) is 101 Å². The summed E-state index contributed by atoms with van der Waals surface area (Å²) >= 11 is 1.95. The first-order chi connectivity index (χ1) is 9.90. The number of nitro groups is 1. The van der Waals surface area contributed by atoms with Crippen LogP contribution in [0.2, 0.25) is 0 Å². The number of rotatable bonds is 4. The molecule has 1 N–H and O–H groups in total. The minimum atomic E-state index is -0.951. The third kappa shape index (κ3) is 3.49. The van der Waals surface area contributed by atoms with E-state index in [1.807, 2.05) is 22.6 Å². The molecule has 0 aromatic heterocycles. The van der Waals surface area contributed by atoms with Gasteiger partial charge in [-0.1, -0.05) is 0 Å². The second-order valence-corrected chi connectivity index (χ2v) is 5.98. The number of carboxylic acid groups (broad SMARTS) is 1. The molecule has 0 radical (unpaired) electrons. The van der Waals surface area contributed by atoms with Crippen LogP contribution in [0.1, 0.15) is 29.6 Å². The Hall–Kier alpha value is -1.71. The van der Waals surface area contributed by atoms with Crippen LogP contribution in [0.4, 0.5) is 5.69 Å². The Morgan fingerprint density at radius 2 is 2.19 bits per heavy atom. The highest BCUT2D eigenvalue weighted by atomic mass is 127. The highest BCUT2D eigenvalue weighted by Crippen LogP contribution is 2.26. The number of carbonyl (C=O) groups excluding carboxylic acids is 1. The molecule has 1 aromatic carbocycles. The lowest BCUT2D eigenvalue weighted by Crippen LogP contribution is -2.37. The average Bonchev–Trinajstić information content (AvgIpc) is 2.85. The normalized spacial score (nSPS) is 17.8. The Balaban J connectivity index is 2.28. The molecule has 7 nitrogen and oxygen atoms in total. The number of benzene rings is 1. The van der Waals surface area contributed by atoms with E-state index in [0.29, 0.717) is 16.5 Å². The second kappa shape index (κ2) is 6.37. The van der Waals surface area contributed by atoms with Crippen molar-refractivity contribution in [3.05, 3.63) is 37.4 Å². The Morgan fingerprint density at radius 1 is 1.48 bits per heavy atom. The maximum absolute atomic E-state index is 12.5. The van der Waals surface area contributed by atoms with Crippen molar-refractivity contribution < 1.29 is 19.6 Å². The average molecular weight is 404 g/mol. The summed E-state index contributed by atoms with van der Waals surface area (Å²) in [5.74, 6) is -1.29. The van der Waals surface area contributed by atoms with Crippen LogP contribution in [0.3, 0.4) is 0 Å². The van der Waals surface area contributed by atoms with Gasteiger partial charge in [0, 0.05) is 28.3 Å². The van der Waals surface area contributed by atoms with Crippen LogP contribution >= 0.6 is 22.6 Å². The number of nitrogens with zero attached hydrogens (tertiary/aromatic N) is 2. The summed E-state index contributed by atoms with van der Waals surface area (Å²) in [6, 6.07) is 3.77. The van der Waals surface area contributed by atoms with Gasteiger partial charge in [-0.2, -0.15) is 0 Å². The smallest absolute Gasteiger partial charge is 0.305 e. The van der Waals surface area contributed by atoms with Gasteiger partial charge in [0.05, 0.1) is 16.9 Å². The molecule has 1 unspecified atom stereocenters. The fraction of sp³-hybridized carbons (Fsp3) is 0.385. The quantitative estimate of drug-likeness (QED) is 0.472. The number of nitro benzene ring substituents is 1. The van der Waals surface area contributed by atoms with Crippen LogP contribution in [0, 0.1) is 13.7 Å². The SMILES string of the molecule is O=C(O)CC1CCCN1C(=O)c1cc([N+](=O)[O-])ccc1I. The van der Waals surface area contributed by atoms with Gasteiger partial charge in [-0.25, -0.2) is 0 Å². The molecule has 1 atom stereocenters. The molecule has 0 spiro atoms. The van der Waals surface area contributed by atoms with Gasteiger partial charge >= 0.3 is 5.97 Å². The number of non-ortho nitro benzene ring substituents is 1. The van der Waals surface area contributed by atoms with Crippen molar-refractivity contribution >= 4 is 40.2 Å². The Morgan fingerprint density at radius 3 is 2.81 bits per heavy atom. The van der Waals surface area contributed by atoms with Crippen molar-refractivity contribution in [1.29, 1.82) is 0 Å². The van der Waals surface area contributed by atoms with E-state index in [1.165, 1.54) is 23.1 Å². The number of hydrogen-bond acceptors (Lipinski definition) is 4. The van der Waals surface area contributed by atoms with Gasteiger partial charge in [-0.15, -0.1) is 0 Å². The second-order valence-electron chi connectivity index (χ2n) is 4.81. The number of amides is 1. The summed E-state index contributed by atoms with van der Waals surface area (Å²) in [5, 5.41) is 19.7. The first kappa shape index (κ1) is 15.7. The lowest BCUT2D eigenvalue weighted by Gasteiger charge is -2.24. The molecule has 1 aromatic rings. The zero-order valence-electron chi connectivity index (χ0n) is 11.0. The van der Waals surface area contributed by atoms with Crippen LogP contribution < -0.4 is 0 Å². The van der Waals surface area contributed by atoms with Gasteiger partial charge < -0.3 is 10.0 Å². The van der Waals surface area contributed by atoms with Gasteiger partial charge in [-0.05, 0) is 41.5 Å². The summed E-state index contributed by atoms with van der Waals surface area (Å²) < 4.78 is 0.615. The molecule has 0 aliphatic carbocycles. The third-order valence-electron chi connectivity index (χ3n) is 3.44. The molecule has 1 heterocycles. The predicted octanol–water partition coefficient (Wildman–Crippen LogP) is 2.28. The Labute approximate surface area is 134 Å². The number of carboxylic acids is 1. The molecule has 2 rings (SSSR count). The fourth-order valence-corrected chi connectivity index (χ4v) is 3.03. The van der Waals surface area contributed by atoms with Gasteiger partial charge in [0.15, 0.2) is 0 Å². The van der Waals surface area contributed by atoms with E-state index in [-0.39, 0.29) is 29.6 Å². The van der Waals surface area contributed by atoms with E-state index in [1.54, 1.807) is 0 Å². The van der Waals surface area contributed by atoms with E-state index in [0.717, 1.165) is 6.42 Å². The van der Waals surface area contributed by atoms with Crippen LogP contribution in [-0.4, -0.2) is 39.4 Å². The minimum absolute atomic E-state index is 0.1000. The molecule has 1 saturated heterocycles. The molecule has 21 heavy (non-hydrogen) atoms. The monoisotopic (exact) mass is 404 g/mol. The summed E-state index contributed by atoms with van der Waals surface area (Å²) in [6.45, 7) is 0.482. The number of carbonyl (C=O) groups is 2. The van der Waals surface area contributed by atoms with Crippen molar-refractivity contribution in [1.82, 2.24) is 4.90 Å². The van der Waals surface area contributed by atoms with E-state index >= 15 is 0 Å². The maximum atomic E-state index is 12.5. The zero-order chi connectivity index (χ0) is 15.6. The van der Waals surface area contributed by atoms with Crippen molar-refractivity contribution in [2.24, 2.45) is 0 Å². The highest BCUT2D eigenvalue weighted by Gasteiger charge is 2.32. The summed E-state index contributed by atoms with van der Waals surface area (Å²) in [5.41, 5.74) is 0.106. The fourth-order valence-electron chi connectivity index (χ4n) is 2.46. The van der Waals surface area contributed by atoms with Crippen molar-refractivity contribution in [3.8, 4) is 0 Å². The van der Waals surface area contributed by atoms with E-state index in [9.17, 15) is 19.7 Å². The van der Waals surface area contributed by atoms with Crippen LogP contribution in [-0.2, 0) is 4.79 Å². The molecular weight excluding hydrogens is 391 g/mol. The van der Waals surface area contributed by atoms with Gasteiger partial charge in [0.25, 0.3) is 11.6 Å². The molecular formula is C13H13IN2O5. The lowest BCUT2D eigenvalue weighted by molar-refractivity contribution is -0.384. The van der Waals surface area contributed by atoms with Gasteiger partial charge in [0.1, 0.15) is 0 Å². The van der Waals surface area contributed by atoms with Crippen LogP contribution in [0.5, 0.6) is 0 Å². The van der Waals surface area contributed by atoms with Gasteiger partial charge in [0.2, 0.25) is 0 Å². The third-order valence-corrected chi connectivity index (χ3v) is 4.38. The summed E-state index contributed by atoms with van der Waals surface area (Å²) in [7, 11) is 0. The lowest BCUT2D eigenvalue weighted by atomic mass is 10.1. The van der Waals surface area contributed by atoms with E-state index < -0.39 is 10.9 Å². The Bertz CT molecular complexity index is 604. The van der Waals surface area contributed by atoms with Crippen LogP contribution in [0.25, 0.3) is 0 Å². The van der Waals surface area contributed by atoms with Crippen molar-refractivity contribution in [2.45, 2.75) is 25.3 Å². The molecule has 1 fully saturated rings.